The minimum Gasteiger partial charge on any atom is -0.459 e. The molecule has 1 saturated heterocycles. The summed E-state index contributed by atoms with van der Waals surface area (Å²) in [6.07, 6.45) is 5.93. The zero-order valence-corrected chi connectivity index (χ0v) is 33.3. The van der Waals surface area contributed by atoms with Crippen LogP contribution in [0.2, 0.25) is 34.8 Å². The predicted octanol–water partition coefficient (Wildman–Crippen LogP) is 9.35. The Labute approximate surface area is 278 Å². The first kappa shape index (κ1) is 38.7. The van der Waals surface area contributed by atoms with Crippen molar-refractivity contribution in [2.24, 2.45) is 17.8 Å². The summed E-state index contributed by atoms with van der Waals surface area (Å²) in [5, 5.41) is 11.7. The Hall–Kier alpha value is -0.776. The SMILES string of the molecule is CC[Si](CC)(CC)O[C@]1(C)CC/C=C(/CO[Si](C(C)C)(C(C)C)C(C)C)C[C@H]2O[C@@H]1[C@H]1[C@@H]2C(C)=C[C@@H](O)[C@@H]1C(C)(C)OC(C)=O. The highest BCUT2D eigenvalue weighted by Gasteiger charge is 2.62. The minimum atomic E-state index is -2.05. The summed E-state index contributed by atoms with van der Waals surface area (Å²) in [4.78, 5) is 12.3. The predicted molar refractivity (Wildman–Crippen MR) is 190 cm³/mol. The Morgan fingerprint density at radius 2 is 1.62 bits per heavy atom. The largest absolute Gasteiger partial charge is 0.459 e. The van der Waals surface area contributed by atoms with E-state index in [0.717, 1.165) is 37.4 Å². The van der Waals surface area contributed by atoms with Gasteiger partial charge in [-0.2, -0.15) is 0 Å². The van der Waals surface area contributed by atoms with E-state index in [1.807, 2.05) is 19.9 Å². The average molecular weight is 665 g/mol. The fraction of sp³-hybridized carbons (Fsp3) is 0.865. The van der Waals surface area contributed by atoms with Crippen LogP contribution in [0.4, 0.5) is 0 Å². The molecule has 2 aliphatic heterocycles. The van der Waals surface area contributed by atoms with Gasteiger partial charge >= 0.3 is 5.97 Å². The standard InChI is InChI=1S/C37H68O6Si2/c1-15-44(16-2,17-3)43-37(14)20-18-19-29(23-40-45(24(4)5,25(6)7)26(8)9)22-31-32-27(10)21-30(39)34(33(32)35(37)41-31)36(12,13)42-28(11)38/h19,21,24-26,30-35,39H,15-18,20,22-23H2,1-14H3/b29-19+/t30-,31-,32-,33+,34+,35-,37-/m1/s1. The lowest BCUT2D eigenvalue weighted by Crippen LogP contribution is -2.59. The summed E-state index contributed by atoms with van der Waals surface area (Å²) in [6, 6.07) is 3.18. The average Bonchev–Trinajstić information content (AvgIpc) is 3.32. The van der Waals surface area contributed by atoms with Gasteiger partial charge in [-0.25, -0.2) is 0 Å². The van der Waals surface area contributed by atoms with Crippen molar-refractivity contribution in [3.8, 4) is 0 Å². The number of rotatable bonds is 13. The Morgan fingerprint density at radius 1 is 1.07 bits per heavy atom. The van der Waals surface area contributed by atoms with Crippen molar-refractivity contribution in [1.82, 2.24) is 0 Å². The van der Waals surface area contributed by atoms with Gasteiger partial charge in [0.1, 0.15) is 5.60 Å². The second-order valence-corrected chi connectivity index (χ2v) is 26.3. The summed E-state index contributed by atoms with van der Waals surface area (Å²) < 4.78 is 27.9. The van der Waals surface area contributed by atoms with Gasteiger partial charge < -0.3 is 23.4 Å². The molecule has 3 rings (SSSR count). The monoisotopic (exact) mass is 664 g/mol. The molecule has 0 saturated carbocycles. The van der Waals surface area contributed by atoms with E-state index in [9.17, 15) is 9.90 Å². The molecule has 3 aliphatic rings. The van der Waals surface area contributed by atoms with E-state index in [1.165, 1.54) is 18.1 Å². The number of hydrogen-bond donors (Lipinski definition) is 1. The number of hydrogen-bond acceptors (Lipinski definition) is 6. The Kier molecular flexibility index (Phi) is 12.7. The number of allylic oxidation sites excluding steroid dienone is 1. The topological polar surface area (TPSA) is 74.2 Å². The first-order valence-corrected chi connectivity index (χ1v) is 22.7. The number of esters is 1. The molecule has 6 nitrogen and oxygen atoms in total. The molecule has 1 fully saturated rings. The van der Waals surface area contributed by atoms with Crippen LogP contribution in [0.5, 0.6) is 0 Å². The van der Waals surface area contributed by atoms with Gasteiger partial charge in [0.15, 0.2) is 8.32 Å². The first-order valence-electron chi connectivity index (χ1n) is 18.1. The summed E-state index contributed by atoms with van der Waals surface area (Å²) in [7, 11) is -4.09. The molecule has 2 heterocycles. The van der Waals surface area contributed by atoms with E-state index in [1.54, 1.807) is 0 Å². The van der Waals surface area contributed by atoms with E-state index in [4.69, 9.17) is 18.3 Å². The highest BCUT2D eigenvalue weighted by atomic mass is 28.4. The molecule has 8 heteroatoms. The molecule has 2 bridgehead atoms. The molecule has 1 N–H and O–H groups in total. The van der Waals surface area contributed by atoms with Crippen LogP contribution >= 0.6 is 0 Å². The van der Waals surface area contributed by atoms with Crippen LogP contribution in [0.15, 0.2) is 23.3 Å². The summed E-state index contributed by atoms with van der Waals surface area (Å²) in [5.41, 5.74) is 2.64. The smallest absolute Gasteiger partial charge is 0.303 e. The number of aliphatic hydroxyl groups is 1. The lowest BCUT2D eigenvalue weighted by atomic mass is 9.60. The van der Waals surface area contributed by atoms with Crippen LogP contribution in [0.3, 0.4) is 0 Å². The maximum Gasteiger partial charge on any atom is 0.303 e. The molecular formula is C37H68O6Si2. The molecule has 0 aromatic rings. The van der Waals surface area contributed by atoms with E-state index < -0.39 is 33.9 Å². The number of carbonyl (C=O) groups is 1. The second-order valence-electron chi connectivity index (χ2n) is 16.2. The van der Waals surface area contributed by atoms with E-state index in [0.29, 0.717) is 23.2 Å². The number of aliphatic hydroxyl groups excluding tert-OH is 1. The molecular weight excluding hydrogens is 597 g/mol. The van der Waals surface area contributed by atoms with Gasteiger partial charge in [0.2, 0.25) is 8.32 Å². The number of ether oxygens (including phenoxy) is 2. The summed E-state index contributed by atoms with van der Waals surface area (Å²) in [5.74, 6) is -0.611. The zero-order chi connectivity index (χ0) is 34.1. The highest BCUT2D eigenvalue weighted by molar-refractivity contribution is 6.77. The quantitative estimate of drug-likeness (QED) is 0.120. The third-order valence-electron chi connectivity index (χ3n) is 12.2. The van der Waals surface area contributed by atoms with Crippen molar-refractivity contribution in [3.63, 3.8) is 0 Å². The van der Waals surface area contributed by atoms with Crippen LogP contribution in [0.1, 0.15) is 116 Å². The molecule has 0 aromatic heterocycles. The molecule has 7 atom stereocenters. The van der Waals surface area contributed by atoms with Crippen molar-refractivity contribution >= 4 is 22.6 Å². The van der Waals surface area contributed by atoms with Crippen molar-refractivity contribution in [1.29, 1.82) is 0 Å². The Morgan fingerprint density at radius 3 is 2.11 bits per heavy atom. The third kappa shape index (κ3) is 7.61. The Bertz CT molecular complexity index is 1050. The summed E-state index contributed by atoms with van der Waals surface area (Å²) in [6.45, 7) is 31.4. The van der Waals surface area contributed by atoms with Gasteiger partial charge in [-0.15, -0.1) is 0 Å². The highest BCUT2D eigenvalue weighted by Crippen LogP contribution is 2.56. The fourth-order valence-corrected chi connectivity index (χ4v) is 18.6. The van der Waals surface area contributed by atoms with Crippen molar-refractivity contribution < 1.29 is 28.2 Å². The van der Waals surface area contributed by atoms with Crippen molar-refractivity contribution in [3.05, 3.63) is 23.3 Å². The number of carbonyl (C=O) groups excluding carboxylic acids is 1. The maximum atomic E-state index is 12.3. The molecule has 0 amide bonds. The van der Waals surface area contributed by atoms with E-state index >= 15 is 0 Å². The maximum absolute atomic E-state index is 12.3. The van der Waals surface area contributed by atoms with Gasteiger partial charge in [-0.3, -0.25) is 4.79 Å². The molecule has 0 radical (unpaired) electrons. The van der Waals surface area contributed by atoms with Crippen LogP contribution in [-0.2, 0) is 23.1 Å². The van der Waals surface area contributed by atoms with Gasteiger partial charge in [0, 0.05) is 24.7 Å². The number of fused-ring (bicyclic) bond motifs is 5. The normalized spacial score (nSPS) is 32.5. The van der Waals surface area contributed by atoms with Crippen LogP contribution in [-0.4, -0.2) is 63.8 Å². The van der Waals surface area contributed by atoms with Gasteiger partial charge in [0.05, 0.1) is 30.5 Å². The Balaban J connectivity index is 2.15. The van der Waals surface area contributed by atoms with E-state index in [2.05, 4.69) is 82.2 Å². The molecule has 1 aliphatic carbocycles. The van der Waals surface area contributed by atoms with Crippen LogP contribution in [0, 0.1) is 17.8 Å². The van der Waals surface area contributed by atoms with Gasteiger partial charge in [0.25, 0.3) is 0 Å². The first-order chi connectivity index (χ1) is 20.8. The van der Waals surface area contributed by atoms with Gasteiger partial charge in [-0.1, -0.05) is 80.0 Å². The second kappa shape index (κ2) is 14.8. The lowest BCUT2D eigenvalue weighted by molar-refractivity contribution is -0.174. The summed E-state index contributed by atoms with van der Waals surface area (Å²) >= 11 is 0. The lowest BCUT2D eigenvalue weighted by Gasteiger charge is -2.51. The molecule has 0 aromatic carbocycles. The molecule has 0 spiro atoms. The molecule has 45 heavy (non-hydrogen) atoms. The third-order valence-corrected chi connectivity index (χ3v) is 23.0. The van der Waals surface area contributed by atoms with Crippen molar-refractivity contribution in [2.45, 2.75) is 180 Å². The molecule has 260 valence electrons. The van der Waals surface area contributed by atoms with E-state index in [-0.39, 0.29) is 35.9 Å². The molecule has 0 unspecified atom stereocenters. The zero-order valence-electron chi connectivity index (χ0n) is 31.3. The minimum absolute atomic E-state index is 0.0534. The van der Waals surface area contributed by atoms with Crippen LogP contribution in [0.25, 0.3) is 0 Å². The fourth-order valence-electron chi connectivity index (χ4n) is 10.0. The van der Waals surface area contributed by atoms with Gasteiger partial charge in [-0.05, 0) is 87.3 Å². The van der Waals surface area contributed by atoms with Crippen molar-refractivity contribution in [2.75, 3.05) is 6.61 Å². The van der Waals surface area contributed by atoms with Crippen LogP contribution < -0.4 is 0 Å².